The molecule has 1 atom stereocenters. The highest BCUT2D eigenvalue weighted by atomic mass is 16.5. The number of amides is 1. The molecule has 1 unspecified atom stereocenters. The summed E-state index contributed by atoms with van der Waals surface area (Å²) >= 11 is 0. The number of hydrogen-bond acceptors (Lipinski definition) is 4. The van der Waals surface area contributed by atoms with Crippen LogP contribution < -0.4 is 10.6 Å². The van der Waals surface area contributed by atoms with E-state index in [2.05, 4.69) is 10.6 Å². The van der Waals surface area contributed by atoms with Crippen molar-refractivity contribution in [1.29, 1.82) is 0 Å². The maximum Gasteiger partial charge on any atom is 0.323 e. The van der Waals surface area contributed by atoms with Gasteiger partial charge in [0, 0.05) is 6.04 Å². The van der Waals surface area contributed by atoms with Gasteiger partial charge in [-0.25, -0.2) is 0 Å². The minimum absolute atomic E-state index is 0.0507. The van der Waals surface area contributed by atoms with Crippen LogP contribution in [0.25, 0.3) is 0 Å². The average molecular weight is 228 g/mol. The van der Waals surface area contributed by atoms with Crippen molar-refractivity contribution in [2.45, 2.75) is 45.2 Å². The fourth-order valence-corrected chi connectivity index (χ4v) is 1.36. The highest BCUT2D eigenvalue weighted by molar-refractivity contribution is 5.80. The molecular formula is C11H20N2O3. The first-order chi connectivity index (χ1) is 7.67. The molecule has 0 spiro atoms. The van der Waals surface area contributed by atoms with Crippen LogP contribution in [-0.4, -0.2) is 37.1 Å². The molecule has 0 aromatic rings. The molecule has 0 aromatic carbocycles. The smallest absolute Gasteiger partial charge is 0.323 e. The van der Waals surface area contributed by atoms with E-state index in [1.165, 1.54) is 0 Å². The zero-order chi connectivity index (χ0) is 12.0. The van der Waals surface area contributed by atoms with Crippen molar-refractivity contribution < 1.29 is 14.3 Å². The van der Waals surface area contributed by atoms with Crippen molar-refractivity contribution >= 4 is 11.9 Å². The van der Waals surface area contributed by atoms with Gasteiger partial charge in [0.2, 0.25) is 5.91 Å². The van der Waals surface area contributed by atoms with Gasteiger partial charge in [-0.05, 0) is 26.2 Å². The molecule has 1 amide bonds. The molecule has 0 saturated heterocycles. The standard InChI is InChI=1S/C11H20N2O3/c1-3-9(11(15)16-4-2)12-7-10(14)13-8-5-6-8/h8-9,12H,3-7H2,1-2H3,(H,13,14). The van der Waals surface area contributed by atoms with Crippen LogP contribution >= 0.6 is 0 Å². The Balaban J connectivity index is 2.21. The Morgan fingerprint density at radius 1 is 1.38 bits per heavy atom. The average Bonchev–Trinajstić information content (AvgIpc) is 3.03. The topological polar surface area (TPSA) is 67.4 Å². The van der Waals surface area contributed by atoms with E-state index in [9.17, 15) is 9.59 Å². The molecule has 5 heteroatoms. The van der Waals surface area contributed by atoms with Crippen LogP contribution in [0.15, 0.2) is 0 Å². The van der Waals surface area contributed by atoms with E-state index >= 15 is 0 Å². The largest absolute Gasteiger partial charge is 0.465 e. The number of carbonyl (C=O) groups is 2. The van der Waals surface area contributed by atoms with E-state index in [0.29, 0.717) is 19.1 Å². The molecule has 92 valence electrons. The van der Waals surface area contributed by atoms with Crippen LogP contribution in [0.1, 0.15) is 33.1 Å². The second kappa shape index (κ2) is 6.48. The van der Waals surface area contributed by atoms with Crippen LogP contribution in [-0.2, 0) is 14.3 Å². The zero-order valence-corrected chi connectivity index (χ0v) is 9.91. The second-order valence-corrected chi connectivity index (χ2v) is 3.94. The highest BCUT2D eigenvalue weighted by Crippen LogP contribution is 2.18. The van der Waals surface area contributed by atoms with E-state index in [4.69, 9.17) is 4.74 Å². The van der Waals surface area contributed by atoms with Crippen LogP contribution in [0.2, 0.25) is 0 Å². The van der Waals surface area contributed by atoms with Gasteiger partial charge in [-0.1, -0.05) is 6.92 Å². The molecule has 16 heavy (non-hydrogen) atoms. The molecule has 0 aromatic heterocycles. The summed E-state index contributed by atoms with van der Waals surface area (Å²) in [5.41, 5.74) is 0. The highest BCUT2D eigenvalue weighted by Gasteiger charge is 2.24. The maximum absolute atomic E-state index is 11.4. The van der Waals surface area contributed by atoms with Crippen molar-refractivity contribution in [2.24, 2.45) is 0 Å². The lowest BCUT2D eigenvalue weighted by Gasteiger charge is -2.14. The van der Waals surface area contributed by atoms with E-state index in [1.54, 1.807) is 6.92 Å². The van der Waals surface area contributed by atoms with Crippen molar-refractivity contribution in [2.75, 3.05) is 13.2 Å². The first-order valence-corrected chi connectivity index (χ1v) is 5.86. The van der Waals surface area contributed by atoms with Crippen molar-refractivity contribution in [3.05, 3.63) is 0 Å². The Labute approximate surface area is 95.9 Å². The predicted molar refractivity (Wildman–Crippen MR) is 59.9 cm³/mol. The first-order valence-electron chi connectivity index (χ1n) is 5.86. The summed E-state index contributed by atoms with van der Waals surface area (Å²) in [5.74, 6) is -0.338. The van der Waals surface area contributed by atoms with E-state index in [1.807, 2.05) is 6.92 Å². The third-order valence-corrected chi connectivity index (χ3v) is 2.43. The number of hydrogen-bond donors (Lipinski definition) is 2. The van der Waals surface area contributed by atoms with Gasteiger partial charge < -0.3 is 10.1 Å². The molecule has 1 rings (SSSR count). The summed E-state index contributed by atoms with van der Waals surface area (Å²) in [7, 11) is 0. The summed E-state index contributed by atoms with van der Waals surface area (Å²) in [6, 6.07) is -0.0260. The Hall–Kier alpha value is -1.10. The Kier molecular flexibility index (Phi) is 5.25. The van der Waals surface area contributed by atoms with Crippen molar-refractivity contribution in [3.63, 3.8) is 0 Å². The summed E-state index contributed by atoms with van der Waals surface area (Å²) in [5, 5.41) is 5.75. The quantitative estimate of drug-likeness (QED) is 0.611. The minimum atomic E-state index is -0.384. The van der Waals surface area contributed by atoms with Crippen LogP contribution in [0.3, 0.4) is 0 Å². The van der Waals surface area contributed by atoms with Crippen LogP contribution in [0.5, 0.6) is 0 Å². The Bertz CT molecular complexity index is 252. The summed E-state index contributed by atoms with van der Waals surface area (Å²) in [6.45, 7) is 4.19. The minimum Gasteiger partial charge on any atom is -0.465 e. The van der Waals surface area contributed by atoms with Gasteiger partial charge in [-0.3, -0.25) is 14.9 Å². The molecule has 1 fully saturated rings. The van der Waals surface area contributed by atoms with Gasteiger partial charge in [0.25, 0.3) is 0 Å². The van der Waals surface area contributed by atoms with Crippen molar-refractivity contribution in [3.8, 4) is 0 Å². The van der Waals surface area contributed by atoms with E-state index in [-0.39, 0.29) is 24.5 Å². The molecule has 0 heterocycles. The number of carbonyl (C=O) groups excluding carboxylic acids is 2. The molecule has 1 aliphatic rings. The van der Waals surface area contributed by atoms with Crippen LogP contribution in [0, 0.1) is 0 Å². The molecule has 1 saturated carbocycles. The molecule has 1 aliphatic carbocycles. The lowest BCUT2D eigenvalue weighted by atomic mass is 10.2. The van der Waals surface area contributed by atoms with E-state index in [0.717, 1.165) is 12.8 Å². The van der Waals surface area contributed by atoms with Gasteiger partial charge in [-0.15, -0.1) is 0 Å². The zero-order valence-electron chi connectivity index (χ0n) is 9.91. The van der Waals surface area contributed by atoms with Gasteiger partial charge >= 0.3 is 5.97 Å². The first kappa shape index (κ1) is 13.0. The van der Waals surface area contributed by atoms with Gasteiger partial charge in [0.05, 0.1) is 13.2 Å². The van der Waals surface area contributed by atoms with Gasteiger partial charge in [0.15, 0.2) is 0 Å². The SMILES string of the molecule is CCOC(=O)C(CC)NCC(=O)NC1CC1. The number of esters is 1. The number of nitrogens with one attached hydrogen (secondary N) is 2. The molecule has 2 N–H and O–H groups in total. The molecule has 0 aliphatic heterocycles. The Morgan fingerprint density at radius 2 is 2.06 bits per heavy atom. The maximum atomic E-state index is 11.4. The third-order valence-electron chi connectivity index (χ3n) is 2.43. The number of rotatable bonds is 7. The summed E-state index contributed by atoms with van der Waals surface area (Å²) in [6.07, 6.45) is 2.76. The molecular weight excluding hydrogens is 208 g/mol. The molecule has 0 bridgehead atoms. The Morgan fingerprint density at radius 3 is 2.56 bits per heavy atom. The van der Waals surface area contributed by atoms with Gasteiger partial charge in [0.1, 0.15) is 6.04 Å². The fourth-order valence-electron chi connectivity index (χ4n) is 1.36. The summed E-state index contributed by atoms with van der Waals surface area (Å²) < 4.78 is 4.89. The number of ether oxygens (including phenoxy) is 1. The second-order valence-electron chi connectivity index (χ2n) is 3.94. The lowest BCUT2D eigenvalue weighted by Crippen LogP contribution is -2.43. The molecule has 5 nitrogen and oxygen atoms in total. The van der Waals surface area contributed by atoms with Gasteiger partial charge in [-0.2, -0.15) is 0 Å². The lowest BCUT2D eigenvalue weighted by molar-refractivity contribution is -0.145. The predicted octanol–water partition coefficient (Wildman–Crippen LogP) is 0.196. The fraction of sp³-hybridized carbons (Fsp3) is 0.818. The normalized spacial score (nSPS) is 16.6. The molecule has 0 radical (unpaired) electrons. The van der Waals surface area contributed by atoms with Crippen LogP contribution in [0.4, 0.5) is 0 Å². The van der Waals surface area contributed by atoms with Crippen molar-refractivity contribution in [1.82, 2.24) is 10.6 Å². The van der Waals surface area contributed by atoms with E-state index < -0.39 is 0 Å². The monoisotopic (exact) mass is 228 g/mol. The third kappa shape index (κ3) is 4.61. The summed E-state index contributed by atoms with van der Waals surface area (Å²) in [4.78, 5) is 22.8.